The fourth-order valence-electron chi connectivity index (χ4n) is 2.67. The van der Waals surface area contributed by atoms with Crippen molar-refractivity contribution >= 4 is 23.2 Å². The highest BCUT2D eigenvalue weighted by molar-refractivity contribution is 6.30. The standard InChI is InChI=1S/C19H23ClN2O2/c1-13-5-8-18(24-4)15(9-13)11-22(3)12-19(23)21-17-7-6-16(20)10-14(17)2/h5-10H,11-12H2,1-4H3,(H,21,23)/p+1. The minimum absolute atomic E-state index is 0.0236. The zero-order chi connectivity index (χ0) is 17.7. The van der Waals surface area contributed by atoms with Gasteiger partial charge in [-0.2, -0.15) is 0 Å². The third-order valence-corrected chi connectivity index (χ3v) is 4.09. The first-order chi connectivity index (χ1) is 11.4. The van der Waals surface area contributed by atoms with Crippen molar-refractivity contribution in [3.05, 3.63) is 58.1 Å². The molecule has 0 saturated carbocycles. The Morgan fingerprint density at radius 1 is 1.21 bits per heavy atom. The van der Waals surface area contributed by atoms with E-state index >= 15 is 0 Å². The third kappa shape index (κ3) is 4.98. The van der Waals surface area contributed by atoms with Gasteiger partial charge in [0.05, 0.1) is 14.2 Å². The van der Waals surface area contributed by atoms with Gasteiger partial charge >= 0.3 is 0 Å². The number of hydrogen-bond acceptors (Lipinski definition) is 2. The molecule has 4 nitrogen and oxygen atoms in total. The molecule has 0 aliphatic rings. The van der Waals surface area contributed by atoms with Crippen molar-refractivity contribution in [3.8, 4) is 5.75 Å². The normalized spacial score (nSPS) is 11.9. The molecule has 5 heteroatoms. The molecular formula is C19H24ClN2O2+. The van der Waals surface area contributed by atoms with Crippen molar-refractivity contribution in [1.29, 1.82) is 0 Å². The van der Waals surface area contributed by atoms with Gasteiger partial charge in [0.25, 0.3) is 5.91 Å². The molecule has 0 spiro atoms. The molecule has 0 aliphatic carbocycles. The average molecular weight is 348 g/mol. The van der Waals surface area contributed by atoms with Crippen LogP contribution in [0.25, 0.3) is 0 Å². The van der Waals surface area contributed by atoms with Crippen LogP contribution in [0.1, 0.15) is 16.7 Å². The molecule has 2 rings (SSSR count). The van der Waals surface area contributed by atoms with Crippen molar-refractivity contribution in [1.82, 2.24) is 0 Å². The molecule has 1 unspecified atom stereocenters. The number of carbonyl (C=O) groups excluding carboxylic acids is 1. The van der Waals surface area contributed by atoms with E-state index in [0.717, 1.165) is 34.0 Å². The van der Waals surface area contributed by atoms with Gasteiger partial charge < -0.3 is 15.0 Å². The lowest BCUT2D eigenvalue weighted by Crippen LogP contribution is -3.08. The number of likely N-dealkylation sites (N-methyl/N-ethyl adjacent to an activating group) is 1. The first-order valence-corrected chi connectivity index (χ1v) is 8.27. The fraction of sp³-hybridized carbons (Fsp3) is 0.316. The number of amides is 1. The van der Waals surface area contributed by atoms with Crippen LogP contribution in [0.15, 0.2) is 36.4 Å². The van der Waals surface area contributed by atoms with E-state index in [1.54, 1.807) is 13.2 Å². The zero-order valence-electron chi connectivity index (χ0n) is 14.6. The molecule has 1 atom stereocenters. The molecule has 0 heterocycles. The van der Waals surface area contributed by atoms with Crippen molar-refractivity contribution in [2.75, 3.05) is 26.0 Å². The number of rotatable bonds is 6. The molecule has 2 aromatic carbocycles. The quantitative estimate of drug-likeness (QED) is 0.843. The molecule has 2 N–H and O–H groups in total. The first kappa shape index (κ1) is 18.3. The monoisotopic (exact) mass is 347 g/mol. The highest BCUT2D eigenvalue weighted by Gasteiger charge is 2.14. The summed E-state index contributed by atoms with van der Waals surface area (Å²) in [4.78, 5) is 13.4. The van der Waals surface area contributed by atoms with E-state index in [1.165, 1.54) is 5.56 Å². The van der Waals surface area contributed by atoms with Crippen LogP contribution in [-0.4, -0.2) is 26.6 Å². The van der Waals surface area contributed by atoms with E-state index < -0.39 is 0 Å². The number of methoxy groups -OCH3 is 1. The maximum absolute atomic E-state index is 12.3. The van der Waals surface area contributed by atoms with Gasteiger partial charge in [0.1, 0.15) is 12.3 Å². The summed E-state index contributed by atoms with van der Waals surface area (Å²) in [5, 5.41) is 3.61. The van der Waals surface area contributed by atoms with Crippen LogP contribution in [0.3, 0.4) is 0 Å². The van der Waals surface area contributed by atoms with Gasteiger partial charge in [-0.1, -0.05) is 23.2 Å². The topological polar surface area (TPSA) is 42.8 Å². The molecule has 0 aliphatic heterocycles. The Labute approximate surface area is 148 Å². The number of hydrogen-bond donors (Lipinski definition) is 2. The highest BCUT2D eigenvalue weighted by atomic mass is 35.5. The number of ether oxygens (including phenoxy) is 1. The summed E-state index contributed by atoms with van der Waals surface area (Å²) in [5.41, 5.74) is 4.03. The number of halogens is 1. The molecule has 0 radical (unpaired) electrons. The Balaban J connectivity index is 1.98. The van der Waals surface area contributed by atoms with Gasteiger partial charge in [-0.15, -0.1) is 0 Å². The number of benzene rings is 2. The van der Waals surface area contributed by atoms with Gasteiger partial charge in [-0.3, -0.25) is 4.79 Å². The summed E-state index contributed by atoms with van der Waals surface area (Å²) in [6.45, 7) is 5.07. The Morgan fingerprint density at radius 3 is 2.62 bits per heavy atom. The van der Waals surface area contributed by atoms with Crippen LogP contribution in [0.2, 0.25) is 5.02 Å². The van der Waals surface area contributed by atoms with Gasteiger partial charge in [-0.25, -0.2) is 0 Å². The first-order valence-electron chi connectivity index (χ1n) is 7.90. The molecule has 128 valence electrons. The van der Waals surface area contributed by atoms with E-state index in [9.17, 15) is 4.79 Å². The summed E-state index contributed by atoms with van der Waals surface area (Å²) < 4.78 is 5.40. The van der Waals surface area contributed by atoms with Crippen LogP contribution in [0.4, 0.5) is 5.69 Å². The van der Waals surface area contributed by atoms with Crippen molar-refractivity contribution < 1.29 is 14.4 Å². The van der Waals surface area contributed by atoms with Crippen LogP contribution < -0.4 is 15.0 Å². The van der Waals surface area contributed by atoms with E-state index in [1.807, 2.05) is 45.2 Å². The fourth-order valence-corrected chi connectivity index (χ4v) is 2.90. The molecule has 0 fully saturated rings. The van der Waals surface area contributed by atoms with E-state index in [-0.39, 0.29) is 5.91 Å². The largest absolute Gasteiger partial charge is 0.496 e. The Hall–Kier alpha value is -2.04. The number of nitrogens with one attached hydrogen (secondary N) is 2. The Bertz CT molecular complexity index is 731. The minimum atomic E-state index is -0.0236. The second-order valence-electron chi connectivity index (χ2n) is 6.13. The zero-order valence-corrected chi connectivity index (χ0v) is 15.3. The predicted molar refractivity (Wildman–Crippen MR) is 98.0 cm³/mol. The number of carbonyl (C=O) groups is 1. The molecule has 24 heavy (non-hydrogen) atoms. The number of quaternary nitrogens is 1. The molecule has 2 aromatic rings. The van der Waals surface area contributed by atoms with E-state index in [4.69, 9.17) is 16.3 Å². The maximum atomic E-state index is 12.3. The summed E-state index contributed by atoms with van der Waals surface area (Å²) in [7, 11) is 3.66. The molecule has 0 saturated heterocycles. The summed E-state index contributed by atoms with van der Waals surface area (Å²) in [5.74, 6) is 0.832. The summed E-state index contributed by atoms with van der Waals surface area (Å²) in [6, 6.07) is 11.5. The van der Waals surface area contributed by atoms with Crippen molar-refractivity contribution in [3.63, 3.8) is 0 Å². The van der Waals surface area contributed by atoms with Crippen LogP contribution in [0, 0.1) is 13.8 Å². The SMILES string of the molecule is COc1ccc(C)cc1C[NH+](C)CC(=O)Nc1ccc(Cl)cc1C. The second-order valence-corrected chi connectivity index (χ2v) is 6.57. The van der Waals surface area contributed by atoms with Gasteiger partial charge in [0.2, 0.25) is 0 Å². The second kappa shape index (κ2) is 8.18. The Morgan fingerprint density at radius 2 is 1.96 bits per heavy atom. The van der Waals surface area contributed by atoms with Gasteiger partial charge in [-0.05, 0) is 49.7 Å². The predicted octanol–water partition coefficient (Wildman–Crippen LogP) is 2.62. The average Bonchev–Trinajstić information content (AvgIpc) is 2.50. The summed E-state index contributed by atoms with van der Waals surface area (Å²) >= 11 is 5.94. The lowest BCUT2D eigenvalue weighted by molar-refractivity contribution is -0.885. The minimum Gasteiger partial charge on any atom is -0.496 e. The number of aryl methyl sites for hydroxylation is 2. The number of anilines is 1. The van der Waals surface area contributed by atoms with Crippen LogP contribution in [0.5, 0.6) is 5.75 Å². The van der Waals surface area contributed by atoms with Gasteiger partial charge in [0, 0.05) is 16.3 Å². The van der Waals surface area contributed by atoms with E-state index in [0.29, 0.717) is 11.6 Å². The molecular weight excluding hydrogens is 324 g/mol. The maximum Gasteiger partial charge on any atom is 0.279 e. The lowest BCUT2D eigenvalue weighted by atomic mass is 10.1. The van der Waals surface area contributed by atoms with Crippen LogP contribution in [-0.2, 0) is 11.3 Å². The highest BCUT2D eigenvalue weighted by Crippen LogP contribution is 2.20. The van der Waals surface area contributed by atoms with Crippen molar-refractivity contribution in [2.24, 2.45) is 0 Å². The van der Waals surface area contributed by atoms with Crippen molar-refractivity contribution in [2.45, 2.75) is 20.4 Å². The van der Waals surface area contributed by atoms with Gasteiger partial charge in [0.15, 0.2) is 6.54 Å². The molecule has 0 aromatic heterocycles. The third-order valence-electron chi connectivity index (χ3n) is 3.85. The van der Waals surface area contributed by atoms with E-state index in [2.05, 4.69) is 11.4 Å². The van der Waals surface area contributed by atoms with Crippen LogP contribution >= 0.6 is 11.6 Å². The Kier molecular flexibility index (Phi) is 6.23. The molecule has 1 amide bonds. The lowest BCUT2D eigenvalue weighted by Gasteiger charge is -2.16. The smallest absolute Gasteiger partial charge is 0.279 e. The summed E-state index contributed by atoms with van der Waals surface area (Å²) in [6.07, 6.45) is 0. The molecule has 0 bridgehead atoms.